The van der Waals surface area contributed by atoms with Gasteiger partial charge in [-0.15, -0.1) is 0 Å². The quantitative estimate of drug-likeness (QED) is 0.119. The van der Waals surface area contributed by atoms with Crippen LogP contribution in [0.5, 0.6) is 0 Å². The number of hydrogen-bond acceptors (Lipinski definition) is 2. The number of anilines is 6. The van der Waals surface area contributed by atoms with Crippen LogP contribution >= 0.6 is 0 Å². The van der Waals surface area contributed by atoms with Crippen LogP contribution in [0.15, 0.2) is 291 Å². The van der Waals surface area contributed by atoms with Crippen molar-refractivity contribution in [2.75, 3.05) is 9.80 Å². The fourth-order valence-electron chi connectivity index (χ4n) is 9.94. The molecule has 0 aliphatic rings. The van der Waals surface area contributed by atoms with Gasteiger partial charge in [0, 0.05) is 33.9 Å². The van der Waals surface area contributed by atoms with E-state index in [4.69, 9.17) is 0 Å². The highest BCUT2D eigenvalue weighted by Gasteiger charge is 2.25. The standard InChI is InChI=1S/C68H48N2/c1-6-18-49(19-7-1)52-32-38-59(39-33-52)69(60-40-34-53(35-41-60)50-20-8-2-9-21-50)67-48-68(66(56-26-14-5-15-27-56)47-65(67)55-24-12-4-13-25-55)70(61-42-36-54(37-43-61)51-22-10-3-11-23-51)62-44-45-64-58(46-62)31-30-57-28-16-17-29-63(57)64/h1-48H. The molecule has 0 atom stereocenters. The van der Waals surface area contributed by atoms with E-state index in [1.165, 1.54) is 54.9 Å². The maximum absolute atomic E-state index is 2.46. The van der Waals surface area contributed by atoms with E-state index in [2.05, 4.69) is 301 Å². The molecule has 0 heterocycles. The average Bonchev–Trinajstić information content (AvgIpc) is 3.45. The highest BCUT2D eigenvalue weighted by Crippen LogP contribution is 2.50. The largest absolute Gasteiger partial charge is 0.310 e. The Kier molecular flexibility index (Phi) is 11.3. The van der Waals surface area contributed by atoms with Gasteiger partial charge in [0.1, 0.15) is 0 Å². The number of nitrogens with zero attached hydrogens (tertiary/aromatic N) is 2. The fraction of sp³-hybridized carbons (Fsp3) is 0. The molecule has 0 saturated carbocycles. The van der Waals surface area contributed by atoms with Crippen molar-refractivity contribution in [1.82, 2.24) is 0 Å². The molecule has 0 amide bonds. The molecule has 12 rings (SSSR count). The molecule has 330 valence electrons. The van der Waals surface area contributed by atoms with Crippen molar-refractivity contribution in [3.05, 3.63) is 291 Å². The second-order valence-electron chi connectivity index (χ2n) is 17.7. The lowest BCUT2D eigenvalue weighted by molar-refractivity contribution is 1.25. The van der Waals surface area contributed by atoms with E-state index in [1.54, 1.807) is 0 Å². The van der Waals surface area contributed by atoms with Gasteiger partial charge in [0.2, 0.25) is 0 Å². The average molecular weight is 893 g/mol. The first-order chi connectivity index (χ1) is 34.7. The van der Waals surface area contributed by atoms with Crippen molar-refractivity contribution in [1.29, 1.82) is 0 Å². The van der Waals surface area contributed by atoms with E-state index in [1.807, 2.05) is 0 Å². The Morgan fingerprint density at radius 2 is 0.500 bits per heavy atom. The topological polar surface area (TPSA) is 6.48 Å². The summed E-state index contributed by atoms with van der Waals surface area (Å²) in [5.41, 5.74) is 17.9. The van der Waals surface area contributed by atoms with Crippen molar-refractivity contribution in [3.63, 3.8) is 0 Å². The van der Waals surface area contributed by atoms with Crippen LogP contribution in [0.25, 0.3) is 77.2 Å². The van der Waals surface area contributed by atoms with Crippen LogP contribution in [0.3, 0.4) is 0 Å². The molecule has 2 heteroatoms. The van der Waals surface area contributed by atoms with Gasteiger partial charge in [0.25, 0.3) is 0 Å². The minimum atomic E-state index is 1.05. The van der Waals surface area contributed by atoms with Gasteiger partial charge in [-0.05, 0) is 127 Å². The first-order valence-electron chi connectivity index (χ1n) is 24.0. The molecule has 0 radical (unpaired) electrons. The summed E-state index contributed by atoms with van der Waals surface area (Å²) >= 11 is 0. The van der Waals surface area contributed by atoms with Crippen LogP contribution in [0, 0.1) is 0 Å². The van der Waals surface area contributed by atoms with Crippen molar-refractivity contribution >= 4 is 55.7 Å². The fourth-order valence-corrected chi connectivity index (χ4v) is 9.94. The Hall–Kier alpha value is -9.24. The molecule has 2 nitrogen and oxygen atoms in total. The Morgan fingerprint density at radius 3 is 0.929 bits per heavy atom. The molecule has 12 aromatic carbocycles. The molecule has 0 aliphatic carbocycles. The molecule has 0 bridgehead atoms. The molecular formula is C68H48N2. The Balaban J connectivity index is 1.13. The van der Waals surface area contributed by atoms with Gasteiger partial charge < -0.3 is 9.80 Å². The third kappa shape index (κ3) is 8.29. The smallest absolute Gasteiger partial charge is 0.0561 e. The highest BCUT2D eigenvalue weighted by molar-refractivity contribution is 6.09. The maximum Gasteiger partial charge on any atom is 0.0561 e. The molecule has 70 heavy (non-hydrogen) atoms. The lowest BCUT2D eigenvalue weighted by Crippen LogP contribution is -2.15. The first kappa shape index (κ1) is 42.1. The van der Waals surface area contributed by atoms with E-state index in [0.29, 0.717) is 0 Å². The summed E-state index contributed by atoms with van der Waals surface area (Å²) in [5.74, 6) is 0. The third-order valence-corrected chi connectivity index (χ3v) is 13.5. The van der Waals surface area contributed by atoms with Gasteiger partial charge in [-0.3, -0.25) is 0 Å². The minimum absolute atomic E-state index is 1.05. The van der Waals surface area contributed by atoms with Gasteiger partial charge in [0.05, 0.1) is 11.4 Å². The predicted molar refractivity (Wildman–Crippen MR) is 298 cm³/mol. The van der Waals surface area contributed by atoms with E-state index in [0.717, 1.165) is 56.4 Å². The van der Waals surface area contributed by atoms with Crippen LogP contribution in [0.1, 0.15) is 0 Å². The van der Waals surface area contributed by atoms with Crippen LogP contribution < -0.4 is 9.80 Å². The van der Waals surface area contributed by atoms with Crippen LogP contribution in [-0.2, 0) is 0 Å². The highest BCUT2D eigenvalue weighted by atomic mass is 15.2. The van der Waals surface area contributed by atoms with Gasteiger partial charge in [0.15, 0.2) is 0 Å². The number of rotatable bonds is 11. The number of fused-ring (bicyclic) bond motifs is 3. The van der Waals surface area contributed by atoms with Gasteiger partial charge in [-0.2, -0.15) is 0 Å². The predicted octanol–water partition coefficient (Wildman–Crippen LogP) is 19.3. The molecule has 12 aromatic rings. The zero-order valence-electron chi connectivity index (χ0n) is 38.6. The molecule has 0 unspecified atom stereocenters. The Bertz CT molecular complexity index is 3620. The first-order valence-corrected chi connectivity index (χ1v) is 24.0. The summed E-state index contributed by atoms with van der Waals surface area (Å²) in [4.78, 5) is 4.90. The van der Waals surface area contributed by atoms with E-state index >= 15 is 0 Å². The summed E-state index contributed by atoms with van der Waals surface area (Å²) in [7, 11) is 0. The van der Waals surface area contributed by atoms with E-state index < -0.39 is 0 Å². The molecule has 0 aromatic heterocycles. The molecular weight excluding hydrogens is 845 g/mol. The Morgan fingerprint density at radius 1 is 0.186 bits per heavy atom. The zero-order chi connectivity index (χ0) is 46.6. The Labute approximate surface area is 410 Å². The summed E-state index contributed by atoms with van der Waals surface area (Å²) in [6, 6.07) is 106. The second kappa shape index (κ2) is 18.8. The number of benzene rings is 12. The molecule has 0 N–H and O–H groups in total. The van der Waals surface area contributed by atoms with Crippen molar-refractivity contribution in [2.24, 2.45) is 0 Å². The zero-order valence-corrected chi connectivity index (χ0v) is 38.6. The van der Waals surface area contributed by atoms with Gasteiger partial charge in [-0.25, -0.2) is 0 Å². The third-order valence-electron chi connectivity index (χ3n) is 13.5. The maximum atomic E-state index is 2.46. The monoisotopic (exact) mass is 892 g/mol. The molecule has 0 fully saturated rings. The molecule has 0 aliphatic heterocycles. The van der Waals surface area contributed by atoms with Crippen LogP contribution in [0.2, 0.25) is 0 Å². The minimum Gasteiger partial charge on any atom is -0.310 e. The van der Waals surface area contributed by atoms with Gasteiger partial charge in [-0.1, -0.05) is 231 Å². The number of hydrogen-bond donors (Lipinski definition) is 0. The van der Waals surface area contributed by atoms with Crippen molar-refractivity contribution < 1.29 is 0 Å². The normalized spacial score (nSPS) is 11.1. The SMILES string of the molecule is c1ccc(-c2ccc(N(c3ccc(-c4ccccc4)cc3)c3cc(N(c4ccc(-c5ccccc5)cc4)c4ccc5c(ccc6ccccc65)c4)c(-c4ccccc4)cc3-c3ccccc3)cc2)cc1. The van der Waals surface area contributed by atoms with Crippen molar-refractivity contribution in [3.8, 4) is 55.6 Å². The summed E-state index contributed by atoms with van der Waals surface area (Å²) < 4.78 is 0. The van der Waals surface area contributed by atoms with Gasteiger partial charge >= 0.3 is 0 Å². The summed E-state index contributed by atoms with van der Waals surface area (Å²) in [6.07, 6.45) is 0. The summed E-state index contributed by atoms with van der Waals surface area (Å²) in [5, 5.41) is 4.89. The lowest BCUT2D eigenvalue weighted by Gasteiger charge is -2.33. The lowest BCUT2D eigenvalue weighted by atomic mass is 9.93. The van der Waals surface area contributed by atoms with E-state index in [-0.39, 0.29) is 0 Å². The van der Waals surface area contributed by atoms with Crippen LogP contribution in [0.4, 0.5) is 34.1 Å². The van der Waals surface area contributed by atoms with E-state index in [9.17, 15) is 0 Å². The molecule has 0 spiro atoms. The van der Waals surface area contributed by atoms with Crippen molar-refractivity contribution in [2.45, 2.75) is 0 Å². The molecule has 0 saturated heterocycles. The van der Waals surface area contributed by atoms with Crippen LogP contribution in [-0.4, -0.2) is 0 Å². The summed E-state index contributed by atoms with van der Waals surface area (Å²) in [6.45, 7) is 0. The second-order valence-corrected chi connectivity index (χ2v) is 17.7.